The van der Waals surface area contributed by atoms with Crippen LogP contribution in [0, 0.1) is 6.92 Å². The minimum absolute atomic E-state index is 0.304. The molecule has 1 heterocycles. The van der Waals surface area contributed by atoms with Crippen molar-refractivity contribution in [2.75, 3.05) is 26.0 Å². The van der Waals surface area contributed by atoms with E-state index in [1.165, 1.54) is 4.31 Å². The topological polar surface area (TPSA) is 58.4 Å². The van der Waals surface area contributed by atoms with Gasteiger partial charge in [0.2, 0.25) is 10.0 Å². The van der Waals surface area contributed by atoms with E-state index in [1.807, 2.05) is 61.9 Å². The van der Waals surface area contributed by atoms with Crippen LogP contribution in [0.25, 0.3) is 10.8 Å². The fourth-order valence-corrected chi connectivity index (χ4v) is 4.86. The summed E-state index contributed by atoms with van der Waals surface area (Å²) in [6, 6.07) is 11.3. The number of nitrogens with zero attached hydrogens (tertiary/aromatic N) is 4. The van der Waals surface area contributed by atoms with Crippen LogP contribution in [0.4, 0.5) is 5.69 Å². The van der Waals surface area contributed by atoms with Gasteiger partial charge in [0.25, 0.3) is 0 Å². The molecule has 6 nitrogen and oxygen atoms in total. The smallest absolute Gasteiger partial charge is 0.243 e. The van der Waals surface area contributed by atoms with Crippen molar-refractivity contribution in [3.05, 3.63) is 53.3 Å². The van der Waals surface area contributed by atoms with Crippen molar-refractivity contribution in [3.63, 3.8) is 0 Å². The number of rotatable bonds is 6. The normalized spacial score (nSPS) is 12.1. The van der Waals surface area contributed by atoms with Crippen molar-refractivity contribution in [3.8, 4) is 0 Å². The number of benzene rings is 2. The molecule has 2 aromatic carbocycles. The maximum Gasteiger partial charge on any atom is 0.243 e. The number of hydrogen-bond acceptors (Lipinski definition) is 4. The van der Waals surface area contributed by atoms with E-state index < -0.39 is 10.0 Å². The summed E-state index contributed by atoms with van der Waals surface area (Å²) in [5, 5.41) is 6.39. The Morgan fingerprint density at radius 3 is 2.46 bits per heavy atom. The molecule has 3 aromatic rings. The van der Waals surface area contributed by atoms with E-state index in [1.54, 1.807) is 19.2 Å². The molecule has 3 rings (SSSR count). The molecule has 0 saturated carbocycles. The third-order valence-corrected chi connectivity index (χ3v) is 7.01. The van der Waals surface area contributed by atoms with Gasteiger partial charge in [0.05, 0.1) is 10.6 Å². The first-order chi connectivity index (χ1) is 13.2. The Bertz CT molecular complexity index is 1120. The minimum Gasteiger partial charge on any atom is -0.377 e. The molecule has 28 heavy (non-hydrogen) atoms. The number of anilines is 1. The van der Waals surface area contributed by atoms with E-state index in [9.17, 15) is 8.42 Å². The Morgan fingerprint density at radius 1 is 1.11 bits per heavy atom. The predicted molar refractivity (Wildman–Crippen MR) is 114 cm³/mol. The van der Waals surface area contributed by atoms with Gasteiger partial charge in [0.15, 0.2) is 0 Å². The van der Waals surface area contributed by atoms with Crippen LogP contribution in [-0.4, -0.2) is 43.6 Å². The van der Waals surface area contributed by atoms with Crippen molar-refractivity contribution < 1.29 is 8.42 Å². The Balaban J connectivity index is 1.98. The Morgan fingerprint density at radius 2 is 1.82 bits per heavy atom. The molecule has 0 fully saturated rings. The number of hydrogen-bond donors (Lipinski definition) is 0. The van der Waals surface area contributed by atoms with E-state index >= 15 is 0 Å². The summed E-state index contributed by atoms with van der Waals surface area (Å²) in [4.78, 5) is 2.33. The fraction of sp³-hybridized carbons (Fsp3) is 0.381. The highest BCUT2D eigenvalue weighted by atomic mass is 32.2. The molecular formula is C21H28N4O2S. The second-order valence-electron chi connectivity index (χ2n) is 7.30. The molecule has 7 heteroatoms. The first-order valence-electron chi connectivity index (χ1n) is 9.34. The Hall–Kier alpha value is -2.38. The van der Waals surface area contributed by atoms with E-state index in [2.05, 4.69) is 12.0 Å². The number of sulfonamides is 1. The second-order valence-corrected chi connectivity index (χ2v) is 9.35. The number of fused-ring (bicyclic) bond motifs is 1. The second kappa shape index (κ2) is 7.56. The van der Waals surface area contributed by atoms with Gasteiger partial charge in [-0.2, -0.15) is 9.40 Å². The Labute approximate surface area is 167 Å². The van der Waals surface area contributed by atoms with Crippen molar-refractivity contribution in [1.82, 2.24) is 14.1 Å². The summed E-state index contributed by atoms with van der Waals surface area (Å²) >= 11 is 0. The molecule has 150 valence electrons. The van der Waals surface area contributed by atoms with E-state index in [0.29, 0.717) is 11.4 Å². The van der Waals surface area contributed by atoms with Crippen LogP contribution >= 0.6 is 0 Å². The third-order valence-electron chi connectivity index (χ3n) is 5.21. The zero-order valence-electron chi connectivity index (χ0n) is 17.4. The van der Waals surface area contributed by atoms with Crippen LogP contribution in [0.1, 0.15) is 23.9 Å². The number of aromatic nitrogens is 2. The van der Waals surface area contributed by atoms with Gasteiger partial charge >= 0.3 is 0 Å². The summed E-state index contributed by atoms with van der Waals surface area (Å²) in [5.74, 6) is 0. The van der Waals surface area contributed by atoms with E-state index in [-0.39, 0.29) is 0 Å². The van der Waals surface area contributed by atoms with Crippen molar-refractivity contribution >= 4 is 26.5 Å². The van der Waals surface area contributed by atoms with Crippen LogP contribution in [-0.2, 0) is 30.0 Å². The molecule has 0 bridgehead atoms. The quantitative estimate of drug-likeness (QED) is 0.637. The van der Waals surface area contributed by atoms with Crippen LogP contribution < -0.4 is 4.90 Å². The largest absolute Gasteiger partial charge is 0.377 e. The van der Waals surface area contributed by atoms with Gasteiger partial charge in [-0.05, 0) is 36.9 Å². The minimum atomic E-state index is -3.61. The predicted octanol–water partition coefficient (Wildman–Crippen LogP) is 3.33. The zero-order valence-corrected chi connectivity index (χ0v) is 18.2. The molecule has 0 saturated heterocycles. The standard InChI is InChI=1S/C21H28N4O2S/c1-7-20-19(15(2)22-25(20)6)14-24(5)28(26,27)17-11-12-18-16(13-17)9-8-10-21(18)23(3)4/h8-13H,7,14H2,1-6H3. The summed E-state index contributed by atoms with van der Waals surface area (Å²) in [5.41, 5.74) is 3.98. The van der Waals surface area contributed by atoms with Crippen molar-refractivity contribution in [1.29, 1.82) is 0 Å². The highest BCUT2D eigenvalue weighted by molar-refractivity contribution is 7.89. The van der Waals surface area contributed by atoms with Gasteiger partial charge < -0.3 is 4.90 Å². The lowest BCUT2D eigenvalue weighted by atomic mass is 10.1. The average Bonchev–Trinajstić information content (AvgIpc) is 2.92. The van der Waals surface area contributed by atoms with Crippen molar-refractivity contribution in [2.45, 2.75) is 31.7 Å². The van der Waals surface area contributed by atoms with Gasteiger partial charge in [-0.1, -0.05) is 25.1 Å². The first kappa shape index (κ1) is 20.4. The van der Waals surface area contributed by atoms with Gasteiger partial charge in [-0.15, -0.1) is 0 Å². The van der Waals surface area contributed by atoms with E-state index in [0.717, 1.165) is 39.8 Å². The van der Waals surface area contributed by atoms with Gasteiger partial charge in [0.1, 0.15) is 0 Å². The lowest BCUT2D eigenvalue weighted by Crippen LogP contribution is -2.27. The van der Waals surface area contributed by atoms with Crippen LogP contribution in [0.2, 0.25) is 0 Å². The first-order valence-corrected chi connectivity index (χ1v) is 10.8. The molecule has 0 spiro atoms. The molecule has 0 aliphatic rings. The SMILES string of the molecule is CCc1c(CN(C)S(=O)(=O)c2ccc3c(N(C)C)cccc3c2)c(C)nn1C. The van der Waals surface area contributed by atoms with E-state index in [4.69, 9.17) is 0 Å². The van der Waals surface area contributed by atoms with Gasteiger partial charge in [0, 0.05) is 57.1 Å². The molecule has 1 aromatic heterocycles. The Kier molecular flexibility index (Phi) is 5.50. The molecule has 0 radical (unpaired) electrons. The molecular weight excluding hydrogens is 372 g/mol. The molecule has 0 unspecified atom stereocenters. The number of aryl methyl sites for hydroxylation is 2. The maximum absolute atomic E-state index is 13.2. The highest BCUT2D eigenvalue weighted by Crippen LogP contribution is 2.29. The monoisotopic (exact) mass is 400 g/mol. The molecule has 0 atom stereocenters. The van der Waals surface area contributed by atoms with Crippen LogP contribution in [0.5, 0.6) is 0 Å². The molecule has 0 aliphatic heterocycles. The molecule has 0 N–H and O–H groups in total. The summed E-state index contributed by atoms with van der Waals surface area (Å²) < 4.78 is 29.7. The summed E-state index contributed by atoms with van der Waals surface area (Å²) in [6.45, 7) is 4.29. The third kappa shape index (κ3) is 3.52. The van der Waals surface area contributed by atoms with Gasteiger partial charge in [-0.25, -0.2) is 8.42 Å². The summed E-state index contributed by atoms with van der Waals surface area (Å²) in [7, 11) is 3.88. The maximum atomic E-state index is 13.2. The molecule has 0 aliphatic carbocycles. The lowest BCUT2D eigenvalue weighted by molar-refractivity contribution is 0.464. The highest BCUT2D eigenvalue weighted by Gasteiger charge is 2.24. The van der Waals surface area contributed by atoms with Crippen LogP contribution in [0.15, 0.2) is 41.3 Å². The molecule has 0 amide bonds. The lowest BCUT2D eigenvalue weighted by Gasteiger charge is -2.19. The van der Waals surface area contributed by atoms with Crippen LogP contribution in [0.3, 0.4) is 0 Å². The summed E-state index contributed by atoms with van der Waals surface area (Å²) in [6.07, 6.45) is 0.809. The zero-order chi connectivity index (χ0) is 20.6. The van der Waals surface area contributed by atoms with Gasteiger partial charge in [-0.3, -0.25) is 4.68 Å². The van der Waals surface area contributed by atoms with Crippen molar-refractivity contribution in [2.24, 2.45) is 7.05 Å². The average molecular weight is 401 g/mol. The fourth-order valence-electron chi connectivity index (χ4n) is 3.68.